The first-order valence-electron chi connectivity index (χ1n) is 22.8. The van der Waals surface area contributed by atoms with Crippen LogP contribution in [0.4, 0.5) is 0 Å². The highest BCUT2D eigenvalue weighted by molar-refractivity contribution is 7.47. The van der Waals surface area contributed by atoms with Crippen LogP contribution in [0.3, 0.4) is 0 Å². The Bertz CT molecular complexity index is 1120. The molecular weight excluding hydrogens is 737 g/mol. The molecule has 0 fully saturated rings. The second-order valence-electron chi connectivity index (χ2n) is 14.9. The van der Waals surface area contributed by atoms with Gasteiger partial charge < -0.3 is 20.1 Å². The standard InChI is InChI=1S/C47H84NO8P/c1-3-5-7-9-11-13-15-17-19-21-22-24-25-27-29-31-33-35-37-39-46(49)53-43-45(44-55-57(51,52)54-42-41-48)56-47(50)40-38-36-34-32-30-28-26-23-20-18-16-14-12-10-8-6-4-2/h11,13,17-20,26,28,32,34,45H,3-10,12,14-16,21-25,27,29-31,33,35-44,48H2,1-2H3,(H,51,52)/b13-11-,19-17-,20-18-,28-26-,34-32-/t45-/m1/s1. The summed E-state index contributed by atoms with van der Waals surface area (Å²) in [5, 5.41) is 0. The Hall–Kier alpha value is -2.29. The largest absolute Gasteiger partial charge is 0.472 e. The third-order valence-corrected chi connectivity index (χ3v) is 10.4. The molecule has 0 saturated heterocycles. The van der Waals surface area contributed by atoms with Crippen LogP contribution in [0.5, 0.6) is 0 Å². The van der Waals surface area contributed by atoms with Crippen LogP contribution in [0.25, 0.3) is 0 Å². The molecule has 0 heterocycles. The molecule has 10 heteroatoms. The molecule has 0 aromatic heterocycles. The Labute approximate surface area is 349 Å². The number of rotatable bonds is 42. The number of phosphoric acid groups is 1. The van der Waals surface area contributed by atoms with Gasteiger partial charge in [-0.05, 0) is 77.0 Å². The minimum Gasteiger partial charge on any atom is -0.462 e. The van der Waals surface area contributed by atoms with Crippen LogP contribution in [-0.2, 0) is 32.7 Å². The molecule has 0 aliphatic carbocycles. The first-order chi connectivity index (χ1) is 27.8. The molecule has 2 atom stereocenters. The van der Waals surface area contributed by atoms with E-state index in [0.717, 1.165) is 57.8 Å². The monoisotopic (exact) mass is 822 g/mol. The molecule has 0 spiro atoms. The number of ether oxygens (including phenoxy) is 2. The number of allylic oxidation sites excluding steroid dienone is 10. The van der Waals surface area contributed by atoms with Crippen molar-refractivity contribution >= 4 is 19.8 Å². The molecule has 0 radical (unpaired) electrons. The van der Waals surface area contributed by atoms with Crippen LogP contribution in [0.1, 0.15) is 194 Å². The molecule has 0 aromatic rings. The van der Waals surface area contributed by atoms with Gasteiger partial charge in [0, 0.05) is 19.4 Å². The number of hydrogen-bond donors (Lipinski definition) is 2. The quantitative estimate of drug-likeness (QED) is 0.0267. The molecule has 9 nitrogen and oxygen atoms in total. The normalized spacial score (nSPS) is 13.8. The molecule has 3 N–H and O–H groups in total. The lowest BCUT2D eigenvalue weighted by molar-refractivity contribution is -0.161. The van der Waals surface area contributed by atoms with E-state index >= 15 is 0 Å². The molecule has 0 bridgehead atoms. The maximum Gasteiger partial charge on any atom is 0.472 e. The van der Waals surface area contributed by atoms with E-state index in [1.54, 1.807) is 0 Å². The zero-order valence-electron chi connectivity index (χ0n) is 36.3. The fourth-order valence-electron chi connectivity index (χ4n) is 5.97. The van der Waals surface area contributed by atoms with Gasteiger partial charge in [-0.2, -0.15) is 0 Å². The third kappa shape index (κ3) is 43.1. The summed E-state index contributed by atoms with van der Waals surface area (Å²) in [6.07, 6.45) is 51.1. The minimum absolute atomic E-state index is 0.0430. The van der Waals surface area contributed by atoms with Gasteiger partial charge in [0.2, 0.25) is 0 Å². The number of carbonyl (C=O) groups excluding carboxylic acids is 2. The van der Waals surface area contributed by atoms with Crippen LogP contribution in [0, 0.1) is 0 Å². The Kier molecular flexibility index (Phi) is 41.6. The van der Waals surface area contributed by atoms with Crippen LogP contribution in [-0.4, -0.2) is 49.3 Å². The first kappa shape index (κ1) is 54.7. The van der Waals surface area contributed by atoms with Crippen molar-refractivity contribution < 1.29 is 37.6 Å². The Morgan fingerprint density at radius 3 is 1.44 bits per heavy atom. The van der Waals surface area contributed by atoms with Crippen LogP contribution in [0.15, 0.2) is 60.8 Å². The minimum atomic E-state index is -4.39. The van der Waals surface area contributed by atoms with Crippen LogP contribution >= 0.6 is 7.82 Å². The summed E-state index contributed by atoms with van der Waals surface area (Å²) in [5.41, 5.74) is 5.35. The van der Waals surface area contributed by atoms with Crippen molar-refractivity contribution in [3.05, 3.63) is 60.8 Å². The first-order valence-corrected chi connectivity index (χ1v) is 24.3. The van der Waals surface area contributed by atoms with Gasteiger partial charge in [0.25, 0.3) is 0 Å². The summed E-state index contributed by atoms with van der Waals surface area (Å²) in [5.74, 6) is -0.896. The highest BCUT2D eigenvalue weighted by atomic mass is 31.2. The van der Waals surface area contributed by atoms with Crippen LogP contribution in [0.2, 0.25) is 0 Å². The predicted octanol–water partition coefficient (Wildman–Crippen LogP) is 13.3. The molecule has 330 valence electrons. The lowest BCUT2D eigenvalue weighted by atomic mass is 10.1. The van der Waals surface area contributed by atoms with Gasteiger partial charge in [-0.15, -0.1) is 0 Å². The number of hydrogen-bond acceptors (Lipinski definition) is 8. The molecule has 57 heavy (non-hydrogen) atoms. The average Bonchev–Trinajstić information content (AvgIpc) is 3.20. The SMILES string of the molecule is CCCCC/C=C\C/C=C\CCCCCCCCCCCC(=O)OC[C@H](COP(=O)(O)OCCN)OC(=O)CCC/C=C\C/C=C\C/C=C\CCCCCCCC. The Balaban J connectivity index is 4.21. The lowest BCUT2D eigenvalue weighted by Crippen LogP contribution is -2.29. The number of nitrogens with two attached hydrogens (primary N) is 1. The highest BCUT2D eigenvalue weighted by Crippen LogP contribution is 2.43. The van der Waals surface area contributed by atoms with Gasteiger partial charge in [0.1, 0.15) is 6.61 Å². The van der Waals surface area contributed by atoms with E-state index in [4.69, 9.17) is 24.3 Å². The summed E-state index contributed by atoms with van der Waals surface area (Å²) in [6.45, 7) is 3.64. The van der Waals surface area contributed by atoms with Gasteiger partial charge in [-0.1, -0.05) is 164 Å². The molecule has 0 aliphatic rings. The molecule has 0 saturated carbocycles. The van der Waals surface area contributed by atoms with Crippen molar-refractivity contribution in [2.24, 2.45) is 5.73 Å². The summed E-state index contributed by atoms with van der Waals surface area (Å²) in [4.78, 5) is 34.9. The van der Waals surface area contributed by atoms with E-state index in [1.807, 2.05) is 6.08 Å². The van der Waals surface area contributed by atoms with Crippen molar-refractivity contribution in [1.29, 1.82) is 0 Å². The summed E-state index contributed by atoms with van der Waals surface area (Å²) in [7, 11) is -4.39. The fraction of sp³-hybridized carbons (Fsp3) is 0.745. The molecule has 0 rings (SSSR count). The summed E-state index contributed by atoms with van der Waals surface area (Å²) in [6, 6.07) is 0. The molecule has 0 amide bonds. The number of esters is 2. The van der Waals surface area contributed by atoms with Crippen molar-refractivity contribution in [1.82, 2.24) is 0 Å². The number of unbranched alkanes of at least 4 members (excludes halogenated alkanes) is 19. The van der Waals surface area contributed by atoms with Crippen molar-refractivity contribution in [2.75, 3.05) is 26.4 Å². The van der Waals surface area contributed by atoms with Gasteiger partial charge >= 0.3 is 19.8 Å². The predicted molar refractivity (Wildman–Crippen MR) is 238 cm³/mol. The van der Waals surface area contributed by atoms with Gasteiger partial charge in [-0.3, -0.25) is 18.6 Å². The van der Waals surface area contributed by atoms with E-state index < -0.39 is 32.5 Å². The molecule has 1 unspecified atom stereocenters. The smallest absolute Gasteiger partial charge is 0.462 e. The van der Waals surface area contributed by atoms with Gasteiger partial charge in [0.15, 0.2) is 6.10 Å². The topological polar surface area (TPSA) is 134 Å². The van der Waals surface area contributed by atoms with Gasteiger partial charge in [-0.25, -0.2) is 4.57 Å². The number of phosphoric ester groups is 1. The second-order valence-corrected chi connectivity index (χ2v) is 16.4. The number of carbonyl (C=O) groups is 2. The van der Waals surface area contributed by atoms with E-state index in [-0.39, 0.29) is 32.6 Å². The third-order valence-electron chi connectivity index (χ3n) is 9.38. The zero-order valence-corrected chi connectivity index (χ0v) is 37.2. The molecule has 0 aromatic carbocycles. The van der Waals surface area contributed by atoms with Crippen molar-refractivity contribution in [2.45, 2.75) is 200 Å². The Morgan fingerprint density at radius 1 is 0.526 bits per heavy atom. The maximum atomic E-state index is 12.6. The van der Waals surface area contributed by atoms with E-state index in [2.05, 4.69) is 68.5 Å². The lowest BCUT2D eigenvalue weighted by Gasteiger charge is -2.19. The molecule has 0 aliphatic heterocycles. The van der Waals surface area contributed by atoms with Gasteiger partial charge in [0.05, 0.1) is 13.2 Å². The zero-order chi connectivity index (χ0) is 41.8. The highest BCUT2D eigenvalue weighted by Gasteiger charge is 2.25. The van der Waals surface area contributed by atoms with Crippen LogP contribution < -0.4 is 5.73 Å². The summed E-state index contributed by atoms with van der Waals surface area (Å²) < 4.78 is 32.8. The van der Waals surface area contributed by atoms with E-state index in [1.165, 1.54) is 96.3 Å². The molecular formula is C47H84NO8P. The van der Waals surface area contributed by atoms with E-state index in [9.17, 15) is 19.0 Å². The maximum absolute atomic E-state index is 12.6. The van der Waals surface area contributed by atoms with E-state index in [0.29, 0.717) is 12.8 Å². The summed E-state index contributed by atoms with van der Waals surface area (Å²) >= 11 is 0. The fourth-order valence-corrected chi connectivity index (χ4v) is 6.74. The Morgan fingerprint density at radius 2 is 0.930 bits per heavy atom. The average molecular weight is 822 g/mol. The second kappa shape index (κ2) is 43.3. The van der Waals surface area contributed by atoms with Crippen molar-refractivity contribution in [3.63, 3.8) is 0 Å². The van der Waals surface area contributed by atoms with Crippen molar-refractivity contribution in [3.8, 4) is 0 Å².